The molecule has 0 aliphatic rings. The second kappa shape index (κ2) is 8.31. The van der Waals surface area contributed by atoms with Gasteiger partial charge in [-0.3, -0.25) is 0 Å². The van der Waals surface area contributed by atoms with Gasteiger partial charge in [-0.15, -0.1) is 0 Å². The lowest BCUT2D eigenvalue weighted by molar-refractivity contribution is 0.670. The fraction of sp³-hybridized carbons (Fsp3) is 0. The third kappa shape index (κ3) is 2.90. The fourth-order valence-electron chi connectivity index (χ4n) is 8.03. The highest BCUT2D eigenvalue weighted by molar-refractivity contribution is 6.33. The number of aromatic nitrogens is 2. The van der Waals surface area contributed by atoms with Gasteiger partial charge in [-0.25, -0.2) is 0 Å². The van der Waals surface area contributed by atoms with E-state index in [-0.39, 0.29) is 0 Å². The summed E-state index contributed by atoms with van der Waals surface area (Å²) in [5.74, 6) is 0. The quantitative estimate of drug-likeness (QED) is 0.202. The Morgan fingerprint density at radius 2 is 1.07 bits per heavy atom. The highest BCUT2D eigenvalue weighted by Crippen LogP contribution is 2.45. The molecule has 0 N–H and O–H groups in total. The van der Waals surface area contributed by atoms with Crippen LogP contribution in [0.25, 0.3) is 98.7 Å². The Hall–Kier alpha value is -6.06. The van der Waals surface area contributed by atoms with Crippen molar-refractivity contribution in [2.75, 3.05) is 0 Å². The molecule has 4 heterocycles. The zero-order valence-electron chi connectivity index (χ0n) is 24.2. The van der Waals surface area contributed by atoms with E-state index in [9.17, 15) is 0 Å². The minimum Gasteiger partial charge on any atom is -0.455 e. The van der Waals surface area contributed by atoms with E-state index in [0.29, 0.717) is 0 Å². The molecule has 0 saturated carbocycles. The van der Waals surface area contributed by atoms with E-state index in [1.807, 2.05) is 12.1 Å². The molecule has 0 atom stereocenters. The van der Waals surface area contributed by atoms with Crippen LogP contribution in [0.5, 0.6) is 0 Å². The molecular formula is C42H24N2O. The average molecular weight is 573 g/mol. The molecule has 0 aliphatic carbocycles. The molecule has 3 heteroatoms. The molecule has 0 unspecified atom stereocenters. The molecule has 0 radical (unpaired) electrons. The summed E-state index contributed by atoms with van der Waals surface area (Å²) in [6.07, 6.45) is 0. The largest absolute Gasteiger partial charge is 0.455 e. The van der Waals surface area contributed by atoms with Crippen molar-refractivity contribution in [3.8, 4) is 16.8 Å². The van der Waals surface area contributed by atoms with E-state index in [1.54, 1.807) is 0 Å². The zero-order valence-corrected chi connectivity index (χ0v) is 24.2. The van der Waals surface area contributed by atoms with Crippen molar-refractivity contribution >= 4 is 81.8 Å². The number of rotatable bonds is 2. The van der Waals surface area contributed by atoms with Gasteiger partial charge in [-0.1, -0.05) is 103 Å². The summed E-state index contributed by atoms with van der Waals surface area (Å²) in [6.45, 7) is 0. The van der Waals surface area contributed by atoms with Crippen LogP contribution >= 0.6 is 0 Å². The number of para-hydroxylation sites is 4. The minimum atomic E-state index is 0.917. The van der Waals surface area contributed by atoms with Crippen molar-refractivity contribution in [2.45, 2.75) is 0 Å². The van der Waals surface area contributed by atoms with Gasteiger partial charge in [0.1, 0.15) is 11.2 Å². The van der Waals surface area contributed by atoms with Gasteiger partial charge in [0.2, 0.25) is 0 Å². The lowest BCUT2D eigenvalue weighted by Crippen LogP contribution is -1.95. The first-order valence-corrected chi connectivity index (χ1v) is 15.5. The maximum atomic E-state index is 6.45. The van der Waals surface area contributed by atoms with Gasteiger partial charge in [-0.05, 0) is 53.4 Å². The van der Waals surface area contributed by atoms with Gasteiger partial charge in [0, 0.05) is 49.0 Å². The number of nitrogens with zero attached hydrogens (tertiary/aromatic N) is 2. The number of fused-ring (bicyclic) bond motifs is 9. The van der Waals surface area contributed by atoms with Crippen molar-refractivity contribution in [1.29, 1.82) is 0 Å². The van der Waals surface area contributed by atoms with Crippen LogP contribution in [0.1, 0.15) is 0 Å². The van der Waals surface area contributed by atoms with Crippen LogP contribution in [-0.4, -0.2) is 8.97 Å². The highest BCUT2D eigenvalue weighted by atomic mass is 16.3. The standard InChI is InChI=1S/C42H24N2O/c1-4-18-34-28(12-1)31-16-9-20-36-39(31)40-37(23-22-32-29-13-2-5-19-35(29)44(34)41(32)40)43(36)26-11-7-10-25(24-26)27-15-8-17-33-30-14-3-6-21-38(30)45-42(27)33/h1-24H. The lowest BCUT2D eigenvalue weighted by atomic mass is 10.0. The Morgan fingerprint density at radius 3 is 1.93 bits per heavy atom. The monoisotopic (exact) mass is 572 g/mol. The minimum absolute atomic E-state index is 0.917. The maximum Gasteiger partial charge on any atom is 0.143 e. The molecule has 0 fully saturated rings. The molecule has 0 saturated heterocycles. The van der Waals surface area contributed by atoms with Gasteiger partial charge >= 0.3 is 0 Å². The third-order valence-electron chi connectivity index (χ3n) is 9.84. The summed E-state index contributed by atoms with van der Waals surface area (Å²) in [6, 6.07) is 52.7. The van der Waals surface area contributed by atoms with E-state index < -0.39 is 0 Å². The first-order chi connectivity index (χ1) is 22.3. The van der Waals surface area contributed by atoms with Crippen LogP contribution in [0.15, 0.2) is 150 Å². The summed E-state index contributed by atoms with van der Waals surface area (Å²) < 4.78 is 11.4. The summed E-state index contributed by atoms with van der Waals surface area (Å²) in [4.78, 5) is 0. The molecule has 0 spiro atoms. The predicted octanol–water partition coefficient (Wildman–Crippen LogP) is 11.5. The van der Waals surface area contributed by atoms with E-state index in [0.717, 1.165) is 38.8 Å². The third-order valence-corrected chi connectivity index (χ3v) is 9.84. The van der Waals surface area contributed by atoms with Crippen LogP contribution in [0.2, 0.25) is 0 Å². The SMILES string of the molecule is c1cc(-c2cccc3c2oc2ccccc23)cc(-n2c3cccc4c5ccccc5n5c6ccccc6c6ccc2c(c43)c65)c1. The summed E-state index contributed by atoms with van der Waals surface area (Å²) >= 11 is 0. The van der Waals surface area contributed by atoms with Crippen LogP contribution in [0.3, 0.4) is 0 Å². The van der Waals surface area contributed by atoms with Crippen LogP contribution in [-0.2, 0) is 0 Å². The number of hydrogen-bond donors (Lipinski definition) is 0. The smallest absolute Gasteiger partial charge is 0.143 e. The molecule has 208 valence electrons. The molecule has 11 rings (SSSR count). The van der Waals surface area contributed by atoms with Crippen LogP contribution in [0.4, 0.5) is 0 Å². The van der Waals surface area contributed by atoms with Crippen LogP contribution < -0.4 is 0 Å². The van der Waals surface area contributed by atoms with E-state index in [2.05, 4.69) is 142 Å². The highest BCUT2D eigenvalue weighted by Gasteiger charge is 2.23. The predicted molar refractivity (Wildman–Crippen MR) is 188 cm³/mol. The summed E-state index contributed by atoms with van der Waals surface area (Å²) in [5, 5.41) is 9.99. The Bertz CT molecular complexity index is 2990. The Labute approximate surface area is 257 Å². The summed E-state index contributed by atoms with van der Waals surface area (Å²) in [5.41, 5.74) is 11.4. The van der Waals surface area contributed by atoms with Gasteiger partial charge in [0.25, 0.3) is 0 Å². The molecule has 0 aliphatic heterocycles. The molecule has 3 nitrogen and oxygen atoms in total. The maximum absolute atomic E-state index is 6.45. The Kier molecular flexibility index (Phi) is 4.32. The fourth-order valence-corrected chi connectivity index (χ4v) is 8.03. The Morgan fingerprint density at radius 1 is 0.422 bits per heavy atom. The van der Waals surface area contributed by atoms with E-state index in [4.69, 9.17) is 4.42 Å². The van der Waals surface area contributed by atoms with Crippen molar-refractivity contribution in [3.05, 3.63) is 146 Å². The van der Waals surface area contributed by atoms with Crippen molar-refractivity contribution in [2.24, 2.45) is 0 Å². The van der Waals surface area contributed by atoms with Crippen molar-refractivity contribution in [3.63, 3.8) is 0 Å². The first kappa shape index (κ1) is 23.4. The van der Waals surface area contributed by atoms with Crippen molar-refractivity contribution in [1.82, 2.24) is 8.97 Å². The molecule has 45 heavy (non-hydrogen) atoms. The zero-order chi connectivity index (χ0) is 29.2. The number of furan rings is 1. The second-order valence-electron chi connectivity index (χ2n) is 12.1. The molecule has 4 aromatic heterocycles. The summed E-state index contributed by atoms with van der Waals surface area (Å²) in [7, 11) is 0. The normalized spacial score (nSPS) is 12.4. The molecule has 7 aromatic carbocycles. The Balaban J connectivity index is 1.29. The second-order valence-corrected chi connectivity index (χ2v) is 12.1. The van der Waals surface area contributed by atoms with Crippen molar-refractivity contribution < 1.29 is 4.42 Å². The van der Waals surface area contributed by atoms with Gasteiger partial charge < -0.3 is 13.4 Å². The van der Waals surface area contributed by atoms with E-state index in [1.165, 1.54) is 59.9 Å². The number of hydrogen-bond acceptors (Lipinski definition) is 1. The van der Waals surface area contributed by atoms with Gasteiger partial charge in [0.05, 0.1) is 27.6 Å². The average Bonchev–Trinajstić information content (AvgIpc) is 3.73. The number of benzene rings is 7. The lowest BCUT2D eigenvalue weighted by Gasteiger charge is -2.11. The molecule has 0 bridgehead atoms. The van der Waals surface area contributed by atoms with Gasteiger partial charge in [0.15, 0.2) is 0 Å². The van der Waals surface area contributed by atoms with Crippen LogP contribution in [0, 0.1) is 0 Å². The van der Waals surface area contributed by atoms with E-state index >= 15 is 0 Å². The topological polar surface area (TPSA) is 22.5 Å². The molecular weight excluding hydrogens is 548 g/mol. The molecule has 11 aromatic rings. The van der Waals surface area contributed by atoms with Gasteiger partial charge in [-0.2, -0.15) is 0 Å². The first-order valence-electron chi connectivity index (χ1n) is 15.5. The molecule has 0 amide bonds.